The van der Waals surface area contributed by atoms with Gasteiger partial charge in [-0.15, -0.1) is 0 Å². The Hall–Kier alpha value is -0.610. The molecule has 1 atom stereocenters. The zero-order chi connectivity index (χ0) is 8.97. The Morgan fingerprint density at radius 3 is 3.00 bits per heavy atom. The number of rotatable bonds is 4. The average Bonchev–Trinajstić information content (AvgIpc) is 2.37. The molecule has 1 amide bonds. The van der Waals surface area contributed by atoms with Gasteiger partial charge in [-0.05, 0) is 6.42 Å². The summed E-state index contributed by atoms with van der Waals surface area (Å²) in [6.07, 6.45) is 0.996. The molecule has 1 aliphatic heterocycles. The molecule has 0 aliphatic carbocycles. The minimum atomic E-state index is -0.544. The normalized spacial score (nSPS) is 20.2. The van der Waals surface area contributed by atoms with Gasteiger partial charge in [-0.2, -0.15) is 0 Å². The molecule has 1 rings (SSSR count). The first-order valence-electron chi connectivity index (χ1n) is 4.19. The second-order valence-corrected chi connectivity index (χ2v) is 3.05. The van der Waals surface area contributed by atoms with E-state index in [4.69, 9.17) is 4.74 Å². The molecule has 1 saturated heterocycles. The van der Waals surface area contributed by atoms with Gasteiger partial charge in [0.2, 0.25) is 5.91 Å². The van der Waals surface area contributed by atoms with E-state index in [0.29, 0.717) is 19.6 Å². The summed E-state index contributed by atoms with van der Waals surface area (Å²) >= 11 is 0. The maximum absolute atomic E-state index is 11.1. The minimum Gasteiger partial charge on any atom is -0.389 e. The fraction of sp³-hybridized carbons (Fsp3) is 0.875. The summed E-state index contributed by atoms with van der Waals surface area (Å²) in [5.41, 5.74) is 0. The van der Waals surface area contributed by atoms with Crippen molar-refractivity contribution in [2.45, 2.75) is 18.9 Å². The lowest BCUT2D eigenvalue weighted by Gasteiger charge is -2.18. The first-order chi connectivity index (χ1) is 5.74. The maximum atomic E-state index is 11.1. The van der Waals surface area contributed by atoms with E-state index in [1.165, 1.54) is 7.11 Å². The minimum absolute atomic E-state index is 0.144. The van der Waals surface area contributed by atoms with Crippen LogP contribution < -0.4 is 0 Å². The SMILES string of the molecule is COCC(O)CN1CCCC1=O. The van der Waals surface area contributed by atoms with Crippen molar-refractivity contribution >= 4 is 5.91 Å². The molecule has 1 aliphatic rings. The predicted octanol–water partition coefficient (Wildman–Crippen LogP) is -0.384. The van der Waals surface area contributed by atoms with Crippen LogP contribution >= 0.6 is 0 Å². The Labute approximate surface area is 72.1 Å². The fourth-order valence-electron chi connectivity index (χ4n) is 1.40. The van der Waals surface area contributed by atoms with Crippen molar-refractivity contribution in [3.63, 3.8) is 0 Å². The first kappa shape index (κ1) is 9.48. The highest BCUT2D eigenvalue weighted by molar-refractivity contribution is 5.78. The number of ether oxygens (including phenoxy) is 1. The zero-order valence-electron chi connectivity index (χ0n) is 7.32. The van der Waals surface area contributed by atoms with E-state index in [9.17, 15) is 9.90 Å². The lowest BCUT2D eigenvalue weighted by molar-refractivity contribution is -0.129. The monoisotopic (exact) mass is 173 g/mol. The molecule has 1 heterocycles. The molecule has 0 aromatic carbocycles. The van der Waals surface area contributed by atoms with E-state index < -0.39 is 6.10 Å². The Morgan fingerprint density at radius 1 is 1.75 bits per heavy atom. The summed E-state index contributed by atoms with van der Waals surface area (Å²) in [5, 5.41) is 9.31. The van der Waals surface area contributed by atoms with Crippen molar-refractivity contribution < 1.29 is 14.6 Å². The van der Waals surface area contributed by atoms with Crippen molar-refractivity contribution in [1.29, 1.82) is 0 Å². The fourth-order valence-corrected chi connectivity index (χ4v) is 1.40. The molecule has 0 radical (unpaired) electrons. The topological polar surface area (TPSA) is 49.8 Å². The number of likely N-dealkylation sites (tertiary alicyclic amines) is 1. The Bertz CT molecular complexity index is 160. The van der Waals surface area contributed by atoms with Crippen molar-refractivity contribution in [2.24, 2.45) is 0 Å². The van der Waals surface area contributed by atoms with Gasteiger partial charge >= 0.3 is 0 Å². The van der Waals surface area contributed by atoms with Crippen LogP contribution in [0.4, 0.5) is 0 Å². The van der Waals surface area contributed by atoms with E-state index in [0.717, 1.165) is 13.0 Å². The van der Waals surface area contributed by atoms with Crippen LogP contribution in [0.1, 0.15) is 12.8 Å². The molecule has 4 nitrogen and oxygen atoms in total. The highest BCUT2D eigenvalue weighted by Crippen LogP contribution is 2.09. The average molecular weight is 173 g/mol. The number of aliphatic hydroxyl groups excluding tert-OH is 1. The molecule has 0 aromatic heterocycles. The summed E-state index contributed by atoms with van der Waals surface area (Å²) in [5.74, 6) is 0.144. The Kier molecular flexibility index (Phi) is 3.49. The number of aliphatic hydroxyl groups is 1. The lowest BCUT2D eigenvalue weighted by atomic mass is 10.3. The van der Waals surface area contributed by atoms with E-state index in [1.807, 2.05) is 0 Å². The number of carbonyl (C=O) groups is 1. The van der Waals surface area contributed by atoms with Gasteiger partial charge < -0.3 is 14.7 Å². The number of carbonyl (C=O) groups excluding carboxylic acids is 1. The van der Waals surface area contributed by atoms with Crippen LogP contribution in [0.3, 0.4) is 0 Å². The van der Waals surface area contributed by atoms with Crippen LogP contribution in [0.2, 0.25) is 0 Å². The molecule has 1 fully saturated rings. The molecule has 12 heavy (non-hydrogen) atoms. The number of hydrogen-bond donors (Lipinski definition) is 1. The van der Waals surface area contributed by atoms with Crippen LogP contribution in [0, 0.1) is 0 Å². The van der Waals surface area contributed by atoms with Gasteiger partial charge in [0, 0.05) is 26.6 Å². The summed E-state index contributed by atoms with van der Waals surface area (Å²) in [6, 6.07) is 0. The van der Waals surface area contributed by atoms with Crippen molar-refractivity contribution in [3.8, 4) is 0 Å². The zero-order valence-corrected chi connectivity index (χ0v) is 7.32. The van der Waals surface area contributed by atoms with E-state index in [1.54, 1.807) is 4.90 Å². The third kappa shape index (κ3) is 2.46. The van der Waals surface area contributed by atoms with Gasteiger partial charge in [-0.3, -0.25) is 4.79 Å². The van der Waals surface area contributed by atoms with Crippen LogP contribution in [-0.4, -0.2) is 48.8 Å². The van der Waals surface area contributed by atoms with Crippen molar-refractivity contribution in [1.82, 2.24) is 4.90 Å². The summed E-state index contributed by atoms with van der Waals surface area (Å²) in [4.78, 5) is 12.8. The molecule has 70 valence electrons. The van der Waals surface area contributed by atoms with E-state index in [-0.39, 0.29) is 5.91 Å². The number of hydrogen-bond acceptors (Lipinski definition) is 3. The highest BCUT2D eigenvalue weighted by Gasteiger charge is 2.22. The second-order valence-electron chi connectivity index (χ2n) is 3.05. The van der Waals surface area contributed by atoms with Gasteiger partial charge in [0.15, 0.2) is 0 Å². The number of nitrogens with zero attached hydrogens (tertiary/aromatic N) is 1. The largest absolute Gasteiger partial charge is 0.389 e. The van der Waals surface area contributed by atoms with Crippen LogP contribution in [0.5, 0.6) is 0 Å². The molecular formula is C8H15NO3. The smallest absolute Gasteiger partial charge is 0.222 e. The molecule has 1 N–H and O–H groups in total. The van der Waals surface area contributed by atoms with Gasteiger partial charge in [0.05, 0.1) is 12.7 Å². The quantitative estimate of drug-likeness (QED) is 0.630. The summed E-state index contributed by atoms with van der Waals surface area (Å²) in [7, 11) is 1.54. The molecule has 0 saturated carbocycles. The molecule has 0 bridgehead atoms. The predicted molar refractivity (Wildman–Crippen MR) is 43.7 cm³/mol. The van der Waals surface area contributed by atoms with Gasteiger partial charge in [0.25, 0.3) is 0 Å². The number of β-amino-alcohol motifs (C(OH)–C–C–N with tert-alkyl or cyclic N) is 1. The van der Waals surface area contributed by atoms with E-state index >= 15 is 0 Å². The first-order valence-corrected chi connectivity index (χ1v) is 4.19. The van der Waals surface area contributed by atoms with Crippen molar-refractivity contribution in [2.75, 3.05) is 26.8 Å². The molecule has 0 spiro atoms. The second kappa shape index (κ2) is 4.42. The molecular weight excluding hydrogens is 158 g/mol. The van der Waals surface area contributed by atoms with Gasteiger partial charge in [-0.25, -0.2) is 0 Å². The summed E-state index contributed by atoms with van der Waals surface area (Å²) in [6.45, 7) is 1.48. The third-order valence-corrected chi connectivity index (χ3v) is 1.96. The third-order valence-electron chi connectivity index (χ3n) is 1.96. The molecule has 0 aromatic rings. The summed E-state index contributed by atoms with van der Waals surface area (Å²) < 4.78 is 4.76. The number of methoxy groups -OCH3 is 1. The Morgan fingerprint density at radius 2 is 2.50 bits per heavy atom. The lowest BCUT2D eigenvalue weighted by Crippen LogP contribution is -2.35. The van der Waals surface area contributed by atoms with Gasteiger partial charge in [0.1, 0.15) is 0 Å². The molecule has 1 unspecified atom stereocenters. The highest BCUT2D eigenvalue weighted by atomic mass is 16.5. The van der Waals surface area contributed by atoms with Crippen molar-refractivity contribution in [3.05, 3.63) is 0 Å². The van der Waals surface area contributed by atoms with Crippen LogP contribution in [-0.2, 0) is 9.53 Å². The maximum Gasteiger partial charge on any atom is 0.222 e. The number of amides is 1. The van der Waals surface area contributed by atoms with Crippen LogP contribution in [0.25, 0.3) is 0 Å². The van der Waals surface area contributed by atoms with Crippen LogP contribution in [0.15, 0.2) is 0 Å². The Balaban J connectivity index is 2.25. The standard InChI is InChI=1S/C8H15NO3/c1-12-6-7(10)5-9-4-2-3-8(9)11/h7,10H,2-6H2,1H3. The van der Waals surface area contributed by atoms with E-state index in [2.05, 4.69) is 0 Å². The molecule has 4 heteroatoms. The van der Waals surface area contributed by atoms with Gasteiger partial charge in [-0.1, -0.05) is 0 Å².